The molecule has 2 saturated heterocycles. The Bertz CT molecular complexity index is 609. The number of aryl methyl sites for hydroxylation is 1. The van der Waals surface area contributed by atoms with Gasteiger partial charge in [0.1, 0.15) is 5.01 Å². The SMILES string of the molecule is CCCc1nnc(NC(=O)CN2CCC3(CCC(=O)N3C)CC2)s1. The Morgan fingerprint density at radius 2 is 2.04 bits per heavy atom. The standard InChI is InChI=1S/C16H25N5O2S/c1-3-4-13-18-19-15(24-13)17-12(22)11-21-9-7-16(8-10-21)6-5-14(23)20(16)2/h3-11H2,1-2H3,(H,17,19,22). The van der Waals surface area contributed by atoms with Gasteiger partial charge in [0.05, 0.1) is 6.54 Å². The molecule has 3 heterocycles. The van der Waals surface area contributed by atoms with Gasteiger partial charge in [-0.05, 0) is 25.7 Å². The van der Waals surface area contributed by atoms with Gasteiger partial charge in [-0.1, -0.05) is 18.3 Å². The molecule has 2 amide bonds. The second kappa shape index (κ2) is 7.14. The molecule has 3 rings (SSSR count). The van der Waals surface area contributed by atoms with Crippen LogP contribution in [0.3, 0.4) is 0 Å². The van der Waals surface area contributed by atoms with Crippen LogP contribution in [0.1, 0.15) is 44.0 Å². The van der Waals surface area contributed by atoms with Crippen molar-refractivity contribution in [1.29, 1.82) is 0 Å². The molecule has 24 heavy (non-hydrogen) atoms. The zero-order chi connectivity index (χ0) is 17.2. The fraction of sp³-hybridized carbons (Fsp3) is 0.750. The van der Waals surface area contributed by atoms with Gasteiger partial charge in [0.2, 0.25) is 16.9 Å². The van der Waals surface area contributed by atoms with Crippen LogP contribution in [0.15, 0.2) is 0 Å². The van der Waals surface area contributed by atoms with Crippen LogP contribution in [-0.2, 0) is 16.0 Å². The van der Waals surface area contributed by atoms with Gasteiger partial charge in [-0.3, -0.25) is 19.8 Å². The van der Waals surface area contributed by atoms with Crippen molar-refractivity contribution in [3.63, 3.8) is 0 Å². The predicted octanol–water partition coefficient (Wildman–Crippen LogP) is 1.52. The first kappa shape index (κ1) is 17.3. The molecule has 0 aromatic carbocycles. The molecule has 132 valence electrons. The summed E-state index contributed by atoms with van der Waals surface area (Å²) in [6.07, 6.45) is 5.43. The molecule has 0 unspecified atom stereocenters. The van der Waals surface area contributed by atoms with E-state index in [4.69, 9.17) is 0 Å². The summed E-state index contributed by atoms with van der Waals surface area (Å²) in [5.74, 6) is 0.210. The van der Waals surface area contributed by atoms with Crippen molar-refractivity contribution in [2.45, 2.75) is 51.0 Å². The minimum absolute atomic E-state index is 0.0261. The number of carbonyl (C=O) groups is 2. The lowest BCUT2D eigenvalue weighted by atomic mass is 9.85. The summed E-state index contributed by atoms with van der Waals surface area (Å²) in [6, 6.07) is 0. The van der Waals surface area contributed by atoms with E-state index in [1.807, 2.05) is 11.9 Å². The first-order valence-electron chi connectivity index (χ1n) is 8.64. The maximum atomic E-state index is 12.2. The largest absolute Gasteiger partial charge is 0.340 e. The van der Waals surface area contributed by atoms with E-state index in [9.17, 15) is 9.59 Å². The molecule has 2 fully saturated rings. The van der Waals surface area contributed by atoms with Crippen molar-refractivity contribution in [3.8, 4) is 0 Å². The van der Waals surface area contributed by atoms with Crippen LogP contribution in [0.2, 0.25) is 0 Å². The van der Waals surface area contributed by atoms with Gasteiger partial charge in [0.25, 0.3) is 0 Å². The maximum absolute atomic E-state index is 12.2. The molecule has 1 N–H and O–H groups in total. The van der Waals surface area contributed by atoms with Gasteiger partial charge < -0.3 is 4.90 Å². The van der Waals surface area contributed by atoms with Crippen LogP contribution in [-0.4, -0.2) is 64.0 Å². The molecule has 0 aliphatic carbocycles. The van der Waals surface area contributed by atoms with Crippen LogP contribution >= 0.6 is 11.3 Å². The maximum Gasteiger partial charge on any atom is 0.240 e. The van der Waals surface area contributed by atoms with E-state index in [0.29, 0.717) is 18.1 Å². The van der Waals surface area contributed by atoms with Crippen LogP contribution < -0.4 is 5.32 Å². The normalized spacial score (nSPS) is 20.8. The highest BCUT2D eigenvalue weighted by Gasteiger charge is 2.44. The molecule has 0 bridgehead atoms. The van der Waals surface area contributed by atoms with E-state index >= 15 is 0 Å². The van der Waals surface area contributed by atoms with Gasteiger partial charge >= 0.3 is 0 Å². The number of rotatable bonds is 5. The van der Waals surface area contributed by atoms with Crippen LogP contribution in [0.4, 0.5) is 5.13 Å². The Balaban J connectivity index is 1.47. The Labute approximate surface area is 146 Å². The minimum Gasteiger partial charge on any atom is -0.340 e. The van der Waals surface area contributed by atoms with Gasteiger partial charge in [-0.2, -0.15) is 0 Å². The smallest absolute Gasteiger partial charge is 0.240 e. The number of hydrogen-bond acceptors (Lipinski definition) is 6. The molecule has 1 aromatic rings. The monoisotopic (exact) mass is 351 g/mol. The van der Waals surface area contributed by atoms with E-state index in [1.54, 1.807) is 0 Å². The summed E-state index contributed by atoms with van der Waals surface area (Å²) >= 11 is 1.45. The zero-order valence-corrected chi connectivity index (χ0v) is 15.2. The summed E-state index contributed by atoms with van der Waals surface area (Å²) in [5, 5.41) is 12.5. The molecule has 0 atom stereocenters. The molecule has 8 heteroatoms. The molecular weight excluding hydrogens is 326 g/mol. The molecule has 0 saturated carbocycles. The van der Waals surface area contributed by atoms with Crippen LogP contribution in [0.25, 0.3) is 0 Å². The molecular formula is C16H25N5O2S. The Morgan fingerprint density at radius 1 is 1.29 bits per heavy atom. The third kappa shape index (κ3) is 3.59. The second-order valence-electron chi connectivity index (χ2n) is 6.75. The number of carbonyl (C=O) groups excluding carboxylic acids is 2. The lowest BCUT2D eigenvalue weighted by Gasteiger charge is -2.43. The van der Waals surface area contributed by atoms with Crippen molar-refractivity contribution < 1.29 is 9.59 Å². The van der Waals surface area contributed by atoms with Crippen LogP contribution in [0, 0.1) is 0 Å². The number of nitrogens with one attached hydrogen (secondary N) is 1. The fourth-order valence-electron chi connectivity index (χ4n) is 3.63. The van der Waals surface area contributed by atoms with E-state index in [0.717, 1.165) is 50.2 Å². The summed E-state index contributed by atoms with van der Waals surface area (Å²) in [5.41, 5.74) is 0.0261. The number of anilines is 1. The van der Waals surface area contributed by atoms with E-state index in [2.05, 4.69) is 27.3 Å². The van der Waals surface area contributed by atoms with Gasteiger partial charge in [0, 0.05) is 38.5 Å². The molecule has 0 radical (unpaired) electrons. The molecule has 7 nitrogen and oxygen atoms in total. The summed E-state index contributed by atoms with van der Waals surface area (Å²) < 4.78 is 0. The van der Waals surface area contributed by atoms with Crippen LogP contribution in [0.5, 0.6) is 0 Å². The Kier molecular flexibility index (Phi) is 5.15. The van der Waals surface area contributed by atoms with E-state index < -0.39 is 0 Å². The molecule has 1 spiro atoms. The number of hydrogen-bond donors (Lipinski definition) is 1. The molecule has 2 aliphatic rings. The van der Waals surface area contributed by atoms with Gasteiger partial charge in [0.15, 0.2) is 0 Å². The predicted molar refractivity (Wildman–Crippen MR) is 92.9 cm³/mol. The highest BCUT2D eigenvalue weighted by atomic mass is 32.1. The van der Waals surface area contributed by atoms with Gasteiger partial charge in [-0.25, -0.2) is 0 Å². The number of nitrogens with zero attached hydrogens (tertiary/aromatic N) is 4. The molecule has 1 aromatic heterocycles. The Morgan fingerprint density at radius 3 is 2.67 bits per heavy atom. The first-order valence-corrected chi connectivity index (χ1v) is 9.45. The second-order valence-corrected chi connectivity index (χ2v) is 7.81. The van der Waals surface area contributed by atoms with Crippen molar-refractivity contribution in [3.05, 3.63) is 5.01 Å². The average molecular weight is 351 g/mol. The lowest BCUT2D eigenvalue weighted by molar-refractivity contribution is -0.131. The number of amides is 2. The minimum atomic E-state index is -0.0407. The quantitative estimate of drug-likeness (QED) is 0.870. The Hall–Kier alpha value is -1.54. The number of likely N-dealkylation sites (tertiary alicyclic amines) is 2. The highest BCUT2D eigenvalue weighted by Crippen LogP contribution is 2.37. The topological polar surface area (TPSA) is 78.4 Å². The molecule has 2 aliphatic heterocycles. The van der Waals surface area contributed by atoms with E-state index in [1.165, 1.54) is 11.3 Å². The first-order chi connectivity index (χ1) is 11.5. The van der Waals surface area contributed by atoms with E-state index in [-0.39, 0.29) is 17.4 Å². The third-order valence-electron chi connectivity index (χ3n) is 5.22. The van der Waals surface area contributed by atoms with Crippen molar-refractivity contribution in [2.75, 3.05) is 32.0 Å². The summed E-state index contributed by atoms with van der Waals surface area (Å²) in [6.45, 7) is 4.17. The fourth-order valence-corrected chi connectivity index (χ4v) is 4.49. The van der Waals surface area contributed by atoms with Gasteiger partial charge in [-0.15, -0.1) is 10.2 Å². The summed E-state index contributed by atoms with van der Waals surface area (Å²) in [4.78, 5) is 28.1. The highest BCUT2D eigenvalue weighted by molar-refractivity contribution is 7.15. The average Bonchev–Trinajstić information content (AvgIpc) is 3.10. The summed E-state index contributed by atoms with van der Waals surface area (Å²) in [7, 11) is 1.92. The zero-order valence-electron chi connectivity index (χ0n) is 14.4. The van der Waals surface area contributed by atoms with Crippen molar-refractivity contribution >= 4 is 28.3 Å². The lowest BCUT2D eigenvalue weighted by Crippen LogP contribution is -2.52. The van der Waals surface area contributed by atoms with Crippen molar-refractivity contribution in [1.82, 2.24) is 20.0 Å². The third-order valence-corrected chi connectivity index (χ3v) is 6.12. The van der Waals surface area contributed by atoms with Crippen molar-refractivity contribution in [2.24, 2.45) is 0 Å². The number of piperidine rings is 1. The number of aromatic nitrogens is 2.